The van der Waals surface area contributed by atoms with Gasteiger partial charge in [0.15, 0.2) is 0 Å². The summed E-state index contributed by atoms with van der Waals surface area (Å²) in [6, 6.07) is 4.70. The van der Waals surface area contributed by atoms with Crippen molar-refractivity contribution in [2.75, 3.05) is 11.9 Å². The minimum absolute atomic E-state index is 0.102. The summed E-state index contributed by atoms with van der Waals surface area (Å²) in [6.07, 6.45) is 0. The van der Waals surface area contributed by atoms with Crippen molar-refractivity contribution < 1.29 is 8.42 Å². The quantitative estimate of drug-likeness (QED) is 0.899. The SMILES string of the molecule is CC(C)(C)CNc1ccc(S(N)(=O)=O)cc1Br. The molecule has 0 aliphatic carbocycles. The van der Waals surface area contributed by atoms with Crippen molar-refractivity contribution in [2.45, 2.75) is 25.7 Å². The van der Waals surface area contributed by atoms with Gasteiger partial charge in [0, 0.05) is 16.7 Å². The second kappa shape index (κ2) is 4.96. The van der Waals surface area contributed by atoms with Crippen LogP contribution < -0.4 is 10.5 Å². The summed E-state index contributed by atoms with van der Waals surface area (Å²) in [5.74, 6) is 0. The highest BCUT2D eigenvalue weighted by Gasteiger charge is 2.13. The standard InChI is InChI=1S/C11H17BrN2O2S/c1-11(2,3)7-14-10-5-4-8(6-9(10)12)17(13,15)16/h4-6,14H,7H2,1-3H3,(H2,13,15,16). The van der Waals surface area contributed by atoms with E-state index in [-0.39, 0.29) is 10.3 Å². The normalized spacial score (nSPS) is 12.5. The Labute approximate surface area is 111 Å². The van der Waals surface area contributed by atoms with Crippen LogP contribution >= 0.6 is 15.9 Å². The molecule has 1 aromatic rings. The van der Waals surface area contributed by atoms with Crippen LogP contribution in [0.15, 0.2) is 27.6 Å². The molecular formula is C11H17BrN2O2S. The predicted molar refractivity (Wildman–Crippen MR) is 73.5 cm³/mol. The summed E-state index contributed by atoms with van der Waals surface area (Å²) < 4.78 is 23.0. The van der Waals surface area contributed by atoms with Gasteiger partial charge >= 0.3 is 0 Å². The number of anilines is 1. The molecule has 17 heavy (non-hydrogen) atoms. The molecule has 0 aliphatic heterocycles. The van der Waals surface area contributed by atoms with E-state index in [4.69, 9.17) is 5.14 Å². The Bertz CT molecular complexity index is 507. The third kappa shape index (κ3) is 4.65. The van der Waals surface area contributed by atoms with Crippen LogP contribution in [-0.2, 0) is 10.0 Å². The molecule has 3 N–H and O–H groups in total. The van der Waals surface area contributed by atoms with Crippen LogP contribution in [0.1, 0.15) is 20.8 Å². The molecular weight excluding hydrogens is 304 g/mol. The van der Waals surface area contributed by atoms with E-state index < -0.39 is 10.0 Å². The smallest absolute Gasteiger partial charge is 0.238 e. The highest BCUT2D eigenvalue weighted by molar-refractivity contribution is 9.10. The molecule has 1 rings (SSSR count). The van der Waals surface area contributed by atoms with Gasteiger partial charge in [0.05, 0.1) is 4.90 Å². The number of nitrogens with two attached hydrogens (primary N) is 1. The number of nitrogens with one attached hydrogen (secondary N) is 1. The van der Waals surface area contributed by atoms with Gasteiger partial charge in [0.25, 0.3) is 0 Å². The van der Waals surface area contributed by atoms with E-state index in [2.05, 4.69) is 42.0 Å². The lowest BCUT2D eigenvalue weighted by Gasteiger charge is -2.20. The summed E-state index contributed by atoms with van der Waals surface area (Å²) in [6.45, 7) is 7.15. The van der Waals surface area contributed by atoms with Gasteiger partial charge in [0.2, 0.25) is 10.0 Å². The first-order chi connectivity index (χ1) is 7.59. The molecule has 0 fully saturated rings. The lowest BCUT2D eigenvalue weighted by atomic mass is 9.97. The largest absolute Gasteiger partial charge is 0.384 e. The van der Waals surface area contributed by atoms with Crippen molar-refractivity contribution in [3.05, 3.63) is 22.7 Å². The maximum atomic E-state index is 11.2. The summed E-state index contributed by atoms with van der Waals surface area (Å²) in [7, 11) is -3.64. The molecule has 0 saturated carbocycles. The van der Waals surface area contributed by atoms with Gasteiger partial charge in [-0.1, -0.05) is 20.8 Å². The number of primary sulfonamides is 1. The van der Waals surface area contributed by atoms with Crippen molar-refractivity contribution in [3.63, 3.8) is 0 Å². The Morgan fingerprint density at radius 3 is 2.35 bits per heavy atom. The lowest BCUT2D eigenvalue weighted by Crippen LogP contribution is -2.19. The Balaban J connectivity index is 2.92. The van der Waals surface area contributed by atoms with Gasteiger partial charge in [-0.3, -0.25) is 0 Å². The molecule has 0 bridgehead atoms. The molecule has 0 saturated heterocycles. The van der Waals surface area contributed by atoms with Crippen LogP contribution in [0.4, 0.5) is 5.69 Å². The van der Waals surface area contributed by atoms with E-state index in [1.165, 1.54) is 12.1 Å². The zero-order chi connectivity index (χ0) is 13.3. The first kappa shape index (κ1) is 14.5. The van der Waals surface area contributed by atoms with E-state index in [1.807, 2.05) is 0 Å². The van der Waals surface area contributed by atoms with Crippen LogP contribution in [0, 0.1) is 5.41 Å². The van der Waals surface area contributed by atoms with Gasteiger partial charge in [-0.05, 0) is 39.5 Å². The van der Waals surface area contributed by atoms with E-state index in [0.29, 0.717) is 4.47 Å². The van der Waals surface area contributed by atoms with Crippen LogP contribution in [0.25, 0.3) is 0 Å². The van der Waals surface area contributed by atoms with Crippen LogP contribution in [0.5, 0.6) is 0 Å². The molecule has 0 aliphatic rings. The summed E-state index contributed by atoms with van der Waals surface area (Å²) in [5.41, 5.74) is 1.00. The fourth-order valence-corrected chi connectivity index (χ4v) is 2.39. The summed E-state index contributed by atoms with van der Waals surface area (Å²) >= 11 is 3.32. The van der Waals surface area contributed by atoms with Gasteiger partial charge in [-0.15, -0.1) is 0 Å². The Morgan fingerprint density at radius 2 is 1.94 bits per heavy atom. The van der Waals surface area contributed by atoms with Gasteiger partial charge < -0.3 is 5.32 Å². The Morgan fingerprint density at radius 1 is 1.35 bits per heavy atom. The maximum absolute atomic E-state index is 11.2. The zero-order valence-corrected chi connectivity index (χ0v) is 12.5. The van der Waals surface area contributed by atoms with Gasteiger partial charge in [0.1, 0.15) is 0 Å². The third-order valence-corrected chi connectivity index (χ3v) is 3.65. The predicted octanol–water partition coefficient (Wildman–Crippen LogP) is 2.55. The lowest BCUT2D eigenvalue weighted by molar-refractivity contribution is 0.443. The first-order valence-electron chi connectivity index (χ1n) is 5.16. The van der Waals surface area contributed by atoms with Gasteiger partial charge in [-0.25, -0.2) is 13.6 Å². The zero-order valence-electron chi connectivity index (χ0n) is 10.1. The monoisotopic (exact) mass is 320 g/mol. The minimum Gasteiger partial charge on any atom is -0.384 e. The number of benzene rings is 1. The molecule has 1 aromatic carbocycles. The second-order valence-corrected chi connectivity index (χ2v) is 7.52. The average Bonchev–Trinajstić information content (AvgIpc) is 2.12. The number of rotatable bonds is 3. The molecule has 6 heteroatoms. The van der Waals surface area contributed by atoms with Crippen molar-refractivity contribution >= 4 is 31.6 Å². The first-order valence-corrected chi connectivity index (χ1v) is 7.50. The molecule has 96 valence electrons. The topological polar surface area (TPSA) is 72.2 Å². The molecule has 0 radical (unpaired) electrons. The highest BCUT2D eigenvalue weighted by atomic mass is 79.9. The van der Waals surface area contributed by atoms with Crippen LogP contribution in [0.3, 0.4) is 0 Å². The number of hydrogen-bond acceptors (Lipinski definition) is 3. The Hall–Kier alpha value is -0.590. The van der Waals surface area contributed by atoms with Crippen LogP contribution in [0.2, 0.25) is 0 Å². The summed E-state index contributed by atoms with van der Waals surface area (Å²) in [5, 5.41) is 8.30. The maximum Gasteiger partial charge on any atom is 0.238 e. The van der Waals surface area contributed by atoms with Gasteiger partial charge in [-0.2, -0.15) is 0 Å². The molecule has 0 aromatic heterocycles. The van der Waals surface area contributed by atoms with Crippen molar-refractivity contribution in [1.82, 2.24) is 0 Å². The third-order valence-electron chi connectivity index (χ3n) is 2.08. The summed E-state index contributed by atoms with van der Waals surface area (Å²) in [4.78, 5) is 0.102. The van der Waals surface area contributed by atoms with Crippen LogP contribution in [-0.4, -0.2) is 15.0 Å². The van der Waals surface area contributed by atoms with E-state index in [9.17, 15) is 8.42 Å². The number of sulfonamides is 1. The van der Waals surface area contributed by atoms with Crippen molar-refractivity contribution in [1.29, 1.82) is 0 Å². The van der Waals surface area contributed by atoms with Crippen molar-refractivity contribution in [3.8, 4) is 0 Å². The molecule has 0 spiro atoms. The molecule has 0 atom stereocenters. The average molecular weight is 321 g/mol. The molecule has 0 unspecified atom stereocenters. The number of halogens is 1. The molecule has 0 heterocycles. The van der Waals surface area contributed by atoms with Crippen molar-refractivity contribution in [2.24, 2.45) is 10.6 Å². The fourth-order valence-electron chi connectivity index (χ4n) is 1.18. The highest BCUT2D eigenvalue weighted by Crippen LogP contribution is 2.26. The fraction of sp³-hybridized carbons (Fsp3) is 0.455. The second-order valence-electron chi connectivity index (χ2n) is 5.10. The Kier molecular flexibility index (Phi) is 4.22. The van der Waals surface area contributed by atoms with E-state index >= 15 is 0 Å². The molecule has 4 nitrogen and oxygen atoms in total. The minimum atomic E-state index is -3.64. The van der Waals surface area contributed by atoms with E-state index in [0.717, 1.165) is 12.2 Å². The van der Waals surface area contributed by atoms with E-state index in [1.54, 1.807) is 6.07 Å². The number of hydrogen-bond donors (Lipinski definition) is 2. The molecule has 0 amide bonds.